The Bertz CT molecular complexity index is 419. The zero-order valence-corrected chi connectivity index (χ0v) is 11.3. The third kappa shape index (κ3) is 2.21. The van der Waals surface area contributed by atoms with Crippen LogP contribution in [0.4, 0.5) is 0 Å². The quantitative estimate of drug-likeness (QED) is 0.795. The van der Waals surface area contributed by atoms with Crippen molar-refractivity contribution >= 4 is 23.2 Å². The molecule has 3 heteroatoms. The van der Waals surface area contributed by atoms with E-state index in [9.17, 15) is 0 Å². The van der Waals surface area contributed by atoms with E-state index in [2.05, 4.69) is 11.4 Å². The highest BCUT2D eigenvalue weighted by atomic mass is 35.5. The summed E-state index contributed by atoms with van der Waals surface area (Å²) in [5.41, 5.74) is 1.30. The van der Waals surface area contributed by atoms with Crippen molar-refractivity contribution < 1.29 is 0 Å². The van der Waals surface area contributed by atoms with Crippen LogP contribution in [0.1, 0.15) is 37.3 Å². The minimum atomic E-state index is 0.482. The maximum atomic E-state index is 6.11. The van der Waals surface area contributed by atoms with Crippen molar-refractivity contribution in [1.82, 2.24) is 5.32 Å². The van der Waals surface area contributed by atoms with E-state index in [0.717, 1.165) is 18.4 Å². The summed E-state index contributed by atoms with van der Waals surface area (Å²) >= 11 is 12.1. The average molecular weight is 270 g/mol. The van der Waals surface area contributed by atoms with Gasteiger partial charge in [0.15, 0.2) is 0 Å². The molecule has 1 aliphatic carbocycles. The fourth-order valence-corrected chi connectivity index (χ4v) is 3.74. The van der Waals surface area contributed by atoms with Gasteiger partial charge < -0.3 is 5.32 Å². The van der Waals surface area contributed by atoms with Crippen LogP contribution in [0.2, 0.25) is 10.0 Å². The summed E-state index contributed by atoms with van der Waals surface area (Å²) in [6, 6.07) is 6.54. The highest BCUT2D eigenvalue weighted by molar-refractivity contribution is 6.42. The average Bonchev–Trinajstić information content (AvgIpc) is 2.76. The lowest BCUT2D eigenvalue weighted by Gasteiger charge is -2.28. The van der Waals surface area contributed by atoms with Crippen molar-refractivity contribution in [2.45, 2.75) is 31.7 Å². The number of halogens is 2. The van der Waals surface area contributed by atoms with Crippen molar-refractivity contribution in [2.75, 3.05) is 6.54 Å². The van der Waals surface area contributed by atoms with E-state index in [0.29, 0.717) is 16.1 Å². The van der Waals surface area contributed by atoms with Gasteiger partial charge in [-0.1, -0.05) is 42.1 Å². The zero-order chi connectivity index (χ0) is 11.8. The van der Waals surface area contributed by atoms with Gasteiger partial charge in [-0.15, -0.1) is 0 Å². The normalized spacial score (nSPS) is 32.5. The SMILES string of the molecule is Clc1ccc(C2NC[C@H]3CCCC[C@@H]23)cc1Cl. The number of fused-ring (bicyclic) bond motifs is 1. The molecule has 1 nitrogen and oxygen atoms in total. The molecule has 1 saturated carbocycles. The second kappa shape index (κ2) is 4.79. The molecule has 17 heavy (non-hydrogen) atoms. The Hall–Kier alpha value is -0.240. The smallest absolute Gasteiger partial charge is 0.0595 e. The van der Waals surface area contributed by atoms with Crippen LogP contribution in [0.25, 0.3) is 0 Å². The van der Waals surface area contributed by atoms with E-state index < -0.39 is 0 Å². The summed E-state index contributed by atoms with van der Waals surface area (Å²) in [6.07, 6.45) is 5.51. The Morgan fingerprint density at radius 1 is 1.06 bits per heavy atom. The van der Waals surface area contributed by atoms with Gasteiger partial charge in [-0.3, -0.25) is 0 Å². The first-order valence-electron chi connectivity index (χ1n) is 6.44. The van der Waals surface area contributed by atoms with Gasteiger partial charge in [0.1, 0.15) is 0 Å². The molecule has 1 saturated heterocycles. The molecule has 0 radical (unpaired) electrons. The Kier molecular flexibility index (Phi) is 3.34. The third-order valence-corrected chi connectivity index (χ3v) is 5.04. The first kappa shape index (κ1) is 11.8. The standard InChI is InChI=1S/C14H17Cl2N/c15-12-6-5-9(7-13(12)16)14-11-4-2-1-3-10(11)8-17-14/h5-7,10-11,14,17H,1-4,8H2/t10-,11-,14?/m1/s1. The van der Waals surface area contributed by atoms with Gasteiger partial charge in [0.25, 0.3) is 0 Å². The van der Waals surface area contributed by atoms with Crippen LogP contribution in [0.3, 0.4) is 0 Å². The molecule has 1 aromatic rings. The summed E-state index contributed by atoms with van der Waals surface area (Å²) in [5.74, 6) is 1.66. The highest BCUT2D eigenvalue weighted by Gasteiger charge is 2.37. The minimum absolute atomic E-state index is 0.482. The predicted molar refractivity (Wildman–Crippen MR) is 72.7 cm³/mol. The first-order valence-corrected chi connectivity index (χ1v) is 7.19. The molecule has 3 atom stereocenters. The van der Waals surface area contributed by atoms with Crippen LogP contribution in [-0.4, -0.2) is 6.54 Å². The number of rotatable bonds is 1. The molecule has 3 rings (SSSR count). The second-order valence-electron chi connectivity index (χ2n) is 5.27. The van der Waals surface area contributed by atoms with Crippen molar-refractivity contribution in [2.24, 2.45) is 11.8 Å². The van der Waals surface area contributed by atoms with Crippen LogP contribution in [-0.2, 0) is 0 Å². The summed E-state index contributed by atoms with van der Waals surface area (Å²) < 4.78 is 0. The van der Waals surface area contributed by atoms with Crippen LogP contribution in [0.15, 0.2) is 18.2 Å². The number of nitrogens with one attached hydrogen (secondary N) is 1. The summed E-state index contributed by atoms with van der Waals surface area (Å²) in [4.78, 5) is 0. The molecule has 92 valence electrons. The maximum absolute atomic E-state index is 6.11. The largest absolute Gasteiger partial charge is 0.309 e. The van der Waals surface area contributed by atoms with Crippen LogP contribution in [0, 0.1) is 11.8 Å². The molecule has 1 N–H and O–H groups in total. The van der Waals surface area contributed by atoms with Crippen LogP contribution in [0.5, 0.6) is 0 Å². The molecule has 0 amide bonds. The van der Waals surface area contributed by atoms with Crippen molar-refractivity contribution in [1.29, 1.82) is 0 Å². The summed E-state index contributed by atoms with van der Waals surface area (Å²) in [6.45, 7) is 1.16. The van der Waals surface area contributed by atoms with Gasteiger partial charge in [0, 0.05) is 6.04 Å². The summed E-state index contributed by atoms with van der Waals surface area (Å²) in [7, 11) is 0. The van der Waals surface area contributed by atoms with E-state index in [-0.39, 0.29) is 0 Å². The van der Waals surface area contributed by atoms with E-state index in [4.69, 9.17) is 23.2 Å². The first-order chi connectivity index (χ1) is 8.25. The minimum Gasteiger partial charge on any atom is -0.309 e. The fraction of sp³-hybridized carbons (Fsp3) is 0.571. The van der Waals surface area contributed by atoms with Crippen molar-refractivity contribution in [3.8, 4) is 0 Å². The zero-order valence-electron chi connectivity index (χ0n) is 9.76. The van der Waals surface area contributed by atoms with E-state index in [1.165, 1.54) is 31.2 Å². The molecule has 2 fully saturated rings. The Labute approximate surface area is 112 Å². The van der Waals surface area contributed by atoms with Gasteiger partial charge in [-0.2, -0.15) is 0 Å². The molecule has 1 aliphatic heterocycles. The van der Waals surface area contributed by atoms with Gasteiger partial charge in [-0.05, 0) is 48.9 Å². The molecule has 1 heterocycles. The van der Waals surface area contributed by atoms with Crippen molar-refractivity contribution in [3.63, 3.8) is 0 Å². The van der Waals surface area contributed by atoms with Crippen LogP contribution < -0.4 is 5.32 Å². The maximum Gasteiger partial charge on any atom is 0.0595 e. The van der Waals surface area contributed by atoms with E-state index in [1.807, 2.05) is 12.1 Å². The lowest BCUT2D eigenvalue weighted by atomic mass is 9.77. The Morgan fingerprint density at radius 2 is 1.88 bits per heavy atom. The van der Waals surface area contributed by atoms with E-state index >= 15 is 0 Å². The van der Waals surface area contributed by atoms with Gasteiger partial charge in [0.05, 0.1) is 10.0 Å². The van der Waals surface area contributed by atoms with Crippen LogP contribution >= 0.6 is 23.2 Å². The second-order valence-corrected chi connectivity index (χ2v) is 6.08. The number of hydrogen-bond donors (Lipinski definition) is 1. The van der Waals surface area contributed by atoms with Gasteiger partial charge in [0.2, 0.25) is 0 Å². The van der Waals surface area contributed by atoms with E-state index in [1.54, 1.807) is 0 Å². The predicted octanol–water partition coefficient (Wildman–Crippen LogP) is 4.44. The number of benzene rings is 1. The highest BCUT2D eigenvalue weighted by Crippen LogP contribution is 2.43. The molecular formula is C14H17Cl2N. The lowest BCUT2D eigenvalue weighted by molar-refractivity contribution is 0.266. The molecule has 0 spiro atoms. The van der Waals surface area contributed by atoms with Gasteiger partial charge in [-0.25, -0.2) is 0 Å². The summed E-state index contributed by atoms with van der Waals surface area (Å²) in [5, 5.41) is 4.98. The molecule has 0 bridgehead atoms. The molecule has 2 aliphatic rings. The molecule has 0 aromatic heterocycles. The number of hydrogen-bond acceptors (Lipinski definition) is 1. The monoisotopic (exact) mass is 269 g/mol. The topological polar surface area (TPSA) is 12.0 Å². The van der Waals surface area contributed by atoms with Gasteiger partial charge >= 0.3 is 0 Å². The van der Waals surface area contributed by atoms with Crippen molar-refractivity contribution in [3.05, 3.63) is 33.8 Å². The third-order valence-electron chi connectivity index (χ3n) is 4.30. The fourth-order valence-electron chi connectivity index (χ4n) is 3.43. The molecule has 1 aromatic carbocycles. The Balaban J connectivity index is 1.86. The lowest BCUT2D eigenvalue weighted by Crippen LogP contribution is -2.20. The molecular weight excluding hydrogens is 253 g/mol. The Morgan fingerprint density at radius 3 is 2.71 bits per heavy atom. The molecule has 1 unspecified atom stereocenters.